The minimum Gasteiger partial charge on any atom is -0.345 e. The molecule has 0 spiro atoms. The maximum atomic E-state index is 12.2. The molecule has 4 heteroatoms. The molecule has 0 aliphatic heterocycles. The largest absolute Gasteiger partial charge is 0.345 e. The van der Waals surface area contributed by atoms with Crippen molar-refractivity contribution in [3.8, 4) is 0 Å². The quantitative estimate of drug-likeness (QED) is 0.606. The summed E-state index contributed by atoms with van der Waals surface area (Å²) < 4.78 is 2.30. The zero-order valence-corrected chi connectivity index (χ0v) is 14.3. The number of hydrogen-bond acceptors (Lipinski definition) is 2. The molecule has 0 aliphatic rings. The number of rotatable bonds is 3. The zero-order valence-electron chi connectivity index (χ0n) is 14.3. The van der Waals surface area contributed by atoms with Gasteiger partial charge in [-0.3, -0.25) is 4.79 Å². The molecule has 4 rings (SSSR count). The molecule has 25 heavy (non-hydrogen) atoms. The van der Waals surface area contributed by atoms with Gasteiger partial charge in [0.2, 0.25) is 0 Å². The van der Waals surface area contributed by atoms with E-state index in [1.807, 2.05) is 30.4 Å². The molecule has 4 nitrogen and oxygen atoms in total. The molecule has 124 valence electrons. The van der Waals surface area contributed by atoms with Crippen LogP contribution in [0.2, 0.25) is 0 Å². The second-order valence-corrected chi connectivity index (χ2v) is 6.06. The average Bonchev–Trinajstić information content (AvgIpc) is 2.91. The Bertz CT molecular complexity index is 1160. The van der Waals surface area contributed by atoms with E-state index in [0.29, 0.717) is 16.7 Å². The van der Waals surface area contributed by atoms with Gasteiger partial charge < -0.3 is 9.55 Å². The van der Waals surface area contributed by atoms with E-state index in [0.717, 1.165) is 12.1 Å². The van der Waals surface area contributed by atoms with Crippen molar-refractivity contribution in [1.82, 2.24) is 14.5 Å². The van der Waals surface area contributed by atoms with Gasteiger partial charge in [0.1, 0.15) is 5.82 Å². The van der Waals surface area contributed by atoms with Crippen LogP contribution in [0.1, 0.15) is 24.0 Å². The van der Waals surface area contributed by atoms with E-state index in [2.05, 4.69) is 52.6 Å². The third-order valence-corrected chi connectivity index (χ3v) is 4.63. The summed E-state index contributed by atoms with van der Waals surface area (Å²) in [4.78, 5) is 19.6. The highest BCUT2D eigenvalue weighted by molar-refractivity contribution is 5.93. The van der Waals surface area contributed by atoms with E-state index in [-0.39, 0.29) is 5.56 Å². The first kappa shape index (κ1) is 15.4. The Morgan fingerprint density at radius 2 is 1.76 bits per heavy atom. The van der Waals surface area contributed by atoms with Crippen LogP contribution in [-0.2, 0) is 6.54 Å². The predicted octanol–water partition coefficient (Wildman–Crippen LogP) is 4.38. The van der Waals surface area contributed by atoms with Gasteiger partial charge in [-0.15, -0.1) is 0 Å². The van der Waals surface area contributed by atoms with Crippen molar-refractivity contribution < 1.29 is 0 Å². The number of hydrogen-bond donors (Lipinski definition) is 1. The fraction of sp³-hybridized carbons (Fsp3) is 0.143. The SMILES string of the molecule is CCn1c(C)c(/C=C/c2nc3ccccc3c(=O)[nH]2)c2ccccc21. The second-order valence-electron chi connectivity index (χ2n) is 6.06. The number of aromatic nitrogens is 3. The van der Waals surface area contributed by atoms with Gasteiger partial charge in [-0.2, -0.15) is 0 Å². The molecule has 0 bridgehead atoms. The first-order valence-corrected chi connectivity index (χ1v) is 8.44. The zero-order chi connectivity index (χ0) is 17.4. The van der Waals surface area contributed by atoms with Crippen LogP contribution in [0.25, 0.3) is 34.0 Å². The van der Waals surface area contributed by atoms with Gasteiger partial charge in [-0.05, 0) is 44.2 Å². The molecule has 0 radical (unpaired) electrons. The van der Waals surface area contributed by atoms with Crippen molar-refractivity contribution in [2.24, 2.45) is 0 Å². The van der Waals surface area contributed by atoms with Gasteiger partial charge in [-0.25, -0.2) is 4.98 Å². The summed E-state index contributed by atoms with van der Waals surface area (Å²) in [6, 6.07) is 15.8. The molecule has 0 saturated heterocycles. The summed E-state index contributed by atoms with van der Waals surface area (Å²) in [7, 11) is 0. The number of nitrogens with zero attached hydrogens (tertiary/aromatic N) is 2. The van der Waals surface area contributed by atoms with Crippen molar-refractivity contribution in [2.75, 3.05) is 0 Å². The lowest BCUT2D eigenvalue weighted by Crippen LogP contribution is -2.09. The van der Waals surface area contributed by atoms with Gasteiger partial charge in [-0.1, -0.05) is 30.3 Å². The third kappa shape index (κ3) is 2.56. The van der Waals surface area contributed by atoms with Crippen LogP contribution in [0.5, 0.6) is 0 Å². The molecule has 0 aliphatic carbocycles. The monoisotopic (exact) mass is 329 g/mol. The van der Waals surface area contributed by atoms with E-state index in [1.165, 1.54) is 16.6 Å². The van der Waals surface area contributed by atoms with Gasteiger partial charge in [0, 0.05) is 28.7 Å². The fourth-order valence-electron chi connectivity index (χ4n) is 3.42. The lowest BCUT2D eigenvalue weighted by molar-refractivity contribution is 0.769. The number of H-pyrrole nitrogens is 1. The molecule has 2 aromatic heterocycles. The maximum Gasteiger partial charge on any atom is 0.259 e. The van der Waals surface area contributed by atoms with Crippen molar-refractivity contribution in [3.63, 3.8) is 0 Å². The molecule has 0 unspecified atom stereocenters. The number of benzene rings is 2. The minimum absolute atomic E-state index is 0.113. The molecule has 0 amide bonds. The summed E-state index contributed by atoms with van der Waals surface area (Å²) >= 11 is 0. The van der Waals surface area contributed by atoms with Crippen LogP contribution in [0.15, 0.2) is 53.3 Å². The Morgan fingerprint density at radius 3 is 2.56 bits per heavy atom. The Balaban J connectivity index is 1.84. The fourth-order valence-corrected chi connectivity index (χ4v) is 3.42. The molecule has 2 heterocycles. The highest BCUT2D eigenvalue weighted by atomic mass is 16.1. The summed E-state index contributed by atoms with van der Waals surface area (Å²) in [6.07, 6.45) is 3.92. The predicted molar refractivity (Wildman–Crippen MR) is 104 cm³/mol. The van der Waals surface area contributed by atoms with Crippen LogP contribution < -0.4 is 5.56 Å². The van der Waals surface area contributed by atoms with E-state index in [1.54, 1.807) is 6.07 Å². The number of nitrogens with one attached hydrogen (secondary N) is 1. The Labute approximate surface area is 145 Å². The summed E-state index contributed by atoms with van der Waals surface area (Å²) in [5, 5.41) is 1.82. The third-order valence-electron chi connectivity index (χ3n) is 4.63. The van der Waals surface area contributed by atoms with Crippen LogP contribution in [0, 0.1) is 6.92 Å². The Kier molecular flexibility index (Phi) is 3.73. The van der Waals surface area contributed by atoms with Crippen LogP contribution >= 0.6 is 0 Å². The summed E-state index contributed by atoms with van der Waals surface area (Å²) in [6.45, 7) is 5.19. The van der Waals surface area contributed by atoms with Gasteiger partial charge in [0.05, 0.1) is 10.9 Å². The van der Waals surface area contributed by atoms with Crippen molar-refractivity contribution in [2.45, 2.75) is 20.4 Å². The molecule has 0 atom stereocenters. The van der Waals surface area contributed by atoms with Crippen molar-refractivity contribution >= 4 is 34.0 Å². The number of fused-ring (bicyclic) bond motifs is 2. The van der Waals surface area contributed by atoms with Gasteiger partial charge >= 0.3 is 0 Å². The maximum absolute atomic E-state index is 12.2. The van der Waals surface area contributed by atoms with E-state index in [9.17, 15) is 4.79 Å². The average molecular weight is 329 g/mol. The first-order valence-electron chi connectivity index (χ1n) is 8.44. The van der Waals surface area contributed by atoms with Gasteiger partial charge in [0.15, 0.2) is 0 Å². The first-order chi connectivity index (χ1) is 12.2. The van der Waals surface area contributed by atoms with E-state index >= 15 is 0 Å². The lowest BCUT2D eigenvalue weighted by atomic mass is 10.1. The lowest BCUT2D eigenvalue weighted by Gasteiger charge is -2.03. The molecule has 0 fully saturated rings. The van der Waals surface area contributed by atoms with E-state index in [4.69, 9.17) is 0 Å². The second kappa shape index (κ2) is 6.06. The van der Waals surface area contributed by atoms with Crippen molar-refractivity contribution in [1.29, 1.82) is 0 Å². The topological polar surface area (TPSA) is 50.7 Å². The molecule has 0 saturated carbocycles. The van der Waals surface area contributed by atoms with Crippen LogP contribution in [-0.4, -0.2) is 14.5 Å². The summed E-state index contributed by atoms with van der Waals surface area (Å²) in [5.74, 6) is 0.566. The normalized spacial score (nSPS) is 11.8. The molecular formula is C21H19N3O. The Hall–Kier alpha value is -3.14. The number of aromatic amines is 1. The molecular weight excluding hydrogens is 310 g/mol. The highest BCUT2D eigenvalue weighted by Gasteiger charge is 2.10. The molecule has 4 aromatic rings. The Morgan fingerprint density at radius 1 is 1.04 bits per heavy atom. The number of aryl methyl sites for hydroxylation is 1. The molecule has 2 aromatic carbocycles. The van der Waals surface area contributed by atoms with Crippen LogP contribution in [0.4, 0.5) is 0 Å². The van der Waals surface area contributed by atoms with Gasteiger partial charge in [0.25, 0.3) is 5.56 Å². The van der Waals surface area contributed by atoms with Crippen molar-refractivity contribution in [3.05, 3.63) is 76.0 Å². The van der Waals surface area contributed by atoms with Crippen LogP contribution in [0.3, 0.4) is 0 Å². The minimum atomic E-state index is -0.113. The van der Waals surface area contributed by atoms with E-state index < -0.39 is 0 Å². The smallest absolute Gasteiger partial charge is 0.259 e. The number of para-hydroxylation sites is 2. The summed E-state index contributed by atoms with van der Waals surface area (Å²) in [5.41, 5.74) is 4.19. The molecule has 1 N–H and O–H groups in total. The highest BCUT2D eigenvalue weighted by Crippen LogP contribution is 2.27. The standard InChI is InChI=1S/C21H19N3O/c1-3-24-14(2)15(16-8-5-7-11-19(16)24)12-13-20-22-18-10-6-4-9-17(18)21(25)23-20/h4-13H,3H2,1-2H3,(H,22,23,25)/b13-12+.